The molecule has 0 bridgehead atoms. The SMILES string of the molecule is CCOc1ccccc1OCC(=O)NC1CCc2c([nH]c3ccccc23)C1. The van der Waals surface area contributed by atoms with E-state index in [2.05, 4.69) is 28.5 Å². The molecule has 5 heteroatoms. The molecule has 0 saturated heterocycles. The lowest BCUT2D eigenvalue weighted by molar-refractivity contribution is -0.123. The summed E-state index contributed by atoms with van der Waals surface area (Å²) in [6, 6.07) is 15.9. The highest BCUT2D eigenvalue weighted by Crippen LogP contribution is 2.29. The van der Waals surface area contributed by atoms with Gasteiger partial charge in [0.25, 0.3) is 5.91 Å². The van der Waals surface area contributed by atoms with Gasteiger partial charge in [0.1, 0.15) is 0 Å². The molecule has 0 fully saturated rings. The van der Waals surface area contributed by atoms with Crippen LogP contribution in [0, 0.1) is 0 Å². The van der Waals surface area contributed by atoms with Gasteiger partial charge >= 0.3 is 0 Å². The number of carbonyl (C=O) groups excluding carboxylic acids is 1. The number of aromatic nitrogens is 1. The lowest BCUT2D eigenvalue weighted by Crippen LogP contribution is -2.41. The van der Waals surface area contributed by atoms with E-state index in [-0.39, 0.29) is 18.6 Å². The zero-order valence-corrected chi connectivity index (χ0v) is 15.5. The highest BCUT2D eigenvalue weighted by molar-refractivity contribution is 5.85. The van der Waals surface area contributed by atoms with Crippen molar-refractivity contribution in [2.75, 3.05) is 13.2 Å². The minimum atomic E-state index is -0.106. The van der Waals surface area contributed by atoms with Crippen LogP contribution in [0.15, 0.2) is 48.5 Å². The Morgan fingerprint density at radius 1 is 1.11 bits per heavy atom. The van der Waals surface area contributed by atoms with Crippen molar-refractivity contribution in [2.24, 2.45) is 0 Å². The molecule has 0 aliphatic heterocycles. The van der Waals surface area contributed by atoms with E-state index in [0.29, 0.717) is 18.1 Å². The van der Waals surface area contributed by atoms with E-state index in [1.807, 2.05) is 37.3 Å². The maximum absolute atomic E-state index is 12.4. The van der Waals surface area contributed by atoms with Crippen molar-refractivity contribution in [1.29, 1.82) is 0 Å². The van der Waals surface area contributed by atoms with Gasteiger partial charge in [-0.3, -0.25) is 4.79 Å². The van der Waals surface area contributed by atoms with Crippen molar-refractivity contribution in [3.63, 3.8) is 0 Å². The molecular formula is C22H24N2O3. The third-order valence-electron chi connectivity index (χ3n) is 4.97. The molecule has 140 valence electrons. The molecule has 5 nitrogen and oxygen atoms in total. The molecule has 4 rings (SSSR count). The second kappa shape index (κ2) is 7.74. The second-order valence-electron chi connectivity index (χ2n) is 6.80. The molecule has 1 aliphatic rings. The fourth-order valence-corrected chi connectivity index (χ4v) is 3.76. The highest BCUT2D eigenvalue weighted by atomic mass is 16.5. The first-order chi connectivity index (χ1) is 13.2. The van der Waals surface area contributed by atoms with Crippen LogP contribution >= 0.6 is 0 Å². The zero-order chi connectivity index (χ0) is 18.6. The average Bonchev–Trinajstić information content (AvgIpc) is 3.05. The number of benzene rings is 2. The van der Waals surface area contributed by atoms with Gasteiger partial charge in [-0.2, -0.15) is 0 Å². The summed E-state index contributed by atoms with van der Waals surface area (Å²) >= 11 is 0. The first kappa shape index (κ1) is 17.5. The summed E-state index contributed by atoms with van der Waals surface area (Å²) in [7, 11) is 0. The molecule has 0 radical (unpaired) electrons. The van der Waals surface area contributed by atoms with E-state index in [1.165, 1.54) is 22.2 Å². The maximum Gasteiger partial charge on any atom is 0.258 e. The number of para-hydroxylation sites is 3. The molecule has 27 heavy (non-hydrogen) atoms. The van der Waals surface area contributed by atoms with Gasteiger partial charge in [0, 0.05) is 29.1 Å². The Morgan fingerprint density at radius 3 is 2.67 bits per heavy atom. The minimum Gasteiger partial charge on any atom is -0.490 e. The van der Waals surface area contributed by atoms with Crippen molar-refractivity contribution < 1.29 is 14.3 Å². The van der Waals surface area contributed by atoms with Crippen LogP contribution in [0.1, 0.15) is 24.6 Å². The summed E-state index contributed by atoms with van der Waals surface area (Å²) in [5.74, 6) is 1.15. The third-order valence-corrected chi connectivity index (χ3v) is 4.97. The second-order valence-corrected chi connectivity index (χ2v) is 6.80. The molecule has 1 aromatic heterocycles. The number of fused-ring (bicyclic) bond motifs is 3. The van der Waals surface area contributed by atoms with Gasteiger partial charge in [-0.15, -0.1) is 0 Å². The van der Waals surface area contributed by atoms with Crippen molar-refractivity contribution in [2.45, 2.75) is 32.2 Å². The van der Waals surface area contributed by atoms with E-state index in [1.54, 1.807) is 0 Å². The standard InChI is InChI=1S/C22H24N2O3/c1-2-26-20-9-5-6-10-21(20)27-14-22(25)23-15-11-12-17-16-7-3-4-8-18(16)24-19(17)13-15/h3-10,15,24H,2,11-14H2,1H3,(H,23,25). The zero-order valence-electron chi connectivity index (χ0n) is 15.5. The minimum absolute atomic E-state index is 0.0137. The molecule has 1 unspecified atom stereocenters. The smallest absolute Gasteiger partial charge is 0.258 e. The van der Waals surface area contributed by atoms with Crippen LogP contribution in [-0.4, -0.2) is 30.1 Å². The molecule has 1 amide bonds. The van der Waals surface area contributed by atoms with E-state index in [0.717, 1.165) is 19.3 Å². The van der Waals surface area contributed by atoms with E-state index in [4.69, 9.17) is 9.47 Å². The Hall–Kier alpha value is -2.95. The highest BCUT2D eigenvalue weighted by Gasteiger charge is 2.23. The van der Waals surface area contributed by atoms with Gasteiger partial charge in [-0.25, -0.2) is 0 Å². The van der Waals surface area contributed by atoms with Gasteiger partial charge in [0.2, 0.25) is 0 Å². The number of aromatic amines is 1. The summed E-state index contributed by atoms with van der Waals surface area (Å²) in [6.45, 7) is 2.46. The van der Waals surface area contributed by atoms with Crippen molar-refractivity contribution >= 4 is 16.8 Å². The van der Waals surface area contributed by atoms with Crippen molar-refractivity contribution in [1.82, 2.24) is 10.3 Å². The van der Waals surface area contributed by atoms with Gasteiger partial charge < -0.3 is 19.8 Å². The van der Waals surface area contributed by atoms with Gasteiger partial charge in [0.15, 0.2) is 18.1 Å². The Balaban J connectivity index is 1.35. The molecule has 2 N–H and O–H groups in total. The first-order valence-electron chi connectivity index (χ1n) is 9.47. The third kappa shape index (κ3) is 3.77. The Bertz CT molecular complexity index is 948. The van der Waals surface area contributed by atoms with Crippen LogP contribution < -0.4 is 14.8 Å². The van der Waals surface area contributed by atoms with Gasteiger partial charge in [0.05, 0.1) is 6.61 Å². The molecule has 3 aromatic rings. The van der Waals surface area contributed by atoms with Gasteiger partial charge in [-0.05, 0) is 43.5 Å². The number of nitrogens with one attached hydrogen (secondary N) is 2. The van der Waals surface area contributed by atoms with Crippen molar-refractivity contribution in [3.8, 4) is 11.5 Å². The normalized spacial score (nSPS) is 16.0. The number of rotatable bonds is 6. The fourth-order valence-electron chi connectivity index (χ4n) is 3.76. The number of carbonyl (C=O) groups is 1. The van der Waals surface area contributed by atoms with E-state index in [9.17, 15) is 4.79 Å². The summed E-state index contributed by atoms with van der Waals surface area (Å²) < 4.78 is 11.2. The van der Waals surface area contributed by atoms with Crippen molar-refractivity contribution in [3.05, 3.63) is 59.8 Å². The molecule has 1 atom stereocenters. The topological polar surface area (TPSA) is 63.4 Å². The van der Waals surface area contributed by atoms with E-state index < -0.39 is 0 Å². The van der Waals surface area contributed by atoms with Crippen LogP contribution in [0.3, 0.4) is 0 Å². The first-order valence-corrected chi connectivity index (χ1v) is 9.47. The number of ether oxygens (including phenoxy) is 2. The predicted molar refractivity (Wildman–Crippen MR) is 105 cm³/mol. The summed E-state index contributed by atoms with van der Waals surface area (Å²) in [5.41, 5.74) is 3.79. The lowest BCUT2D eigenvalue weighted by atomic mass is 9.92. The lowest BCUT2D eigenvalue weighted by Gasteiger charge is -2.23. The monoisotopic (exact) mass is 364 g/mol. The molecule has 1 heterocycles. The predicted octanol–water partition coefficient (Wildman–Crippen LogP) is 3.62. The molecule has 0 spiro atoms. The van der Waals surface area contributed by atoms with Gasteiger partial charge in [-0.1, -0.05) is 30.3 Å². The molecule has 0 saturated carbocycles. The molecule has 2 aromatic carbocycles. The summed E-state index contributed by atoms with van der Waals surface area (Å²) in [5, 5.41) is 4.40. The number of H-pyrrole nitrogens is 1. The quantitative estimate of drug-likeness (QED) is 0.702. The average molecular weight is 364 g/mol. The Morgan fingerprint density at radius 2 is 1.85 bits per heavy atom. The molecular weight excluding hydrogens is 340 g/mol. The summed E-state index contributed by atoms with van der Waals surface area (Å²) in [4.78, 5) is 15.9. The number of hydrogen-bond acceptors (Lipinski definition) is 3. The number of hydrogen-bond donors (Lipinski definition) is 2. The Labute approximate surface area is 158 Å². The number of amides is 1. The van der Waals surface area contributed by atoms with Crippen LogP contribution in [0.5, 0.6) is 11.5 Å². The van der Waals surface area contributed by atoms with E-state index >= 15 is 0 Å². The molecule has 1 aliphatic carbocycles. The summed E-state index contributed by atoms with van der Waals surface area (Å²) in [6.07, 6.45) is 2.74. The van der Waals surface area contributed by atoms with Crippen LogP contribution in [-0.2, 0) is 17.6 Å². The maximum atomic E-state index is 12.4. The van der Waals surface area contributed by atoms with Crippen LogP contribution in [0.2, 0.25) is 0 Å². The number of aryl methyl sites for hydroxylation is 1. The van der Waals surface area contributed by atoms with Crippen LogP contribution in [0.4, 0.5) is 0 Å². The largest absolute Gasteiger partial charge is 0.490 e. The fraction of sp³-hybridized carbons (Fsp3) is 0.318. The van der Waals surface area contributed by atoms with Crippen LogP contribution in [0.25, 0.3) is 10.9 Å². The Kier molecular flexibility index (Phi) is 5.01.